The highest BCUT2D eigenvalue weighted by Crippen LogP contribution is 2.42. The van der Waals surface area contributed by atoms with Crippen LogP contribution in [0.5, 0.6) is 5.75 Å². The lowest BCUT2D eigenvalue weighted by molar-refractivity contribution is -0.136. The van der Waals surface area contributed by atoms with E-state index < -0.39 is 27.9 Å². The molecule has 0 saturated carbocycles. The topological polar surface area (TPSA) is 111 Å². The van der Waals surface area contributed by atoms with Crippen molar-refractivity contribution in [1.82, 2.24) is 10.6 Å². The molecular weight excluding hydrogens is 432 g/mol. The first-order chi connectivity index (χ1) is 15.2. The zero-order valence-corrected chi connectivity index (χ0v) is 18.9. The Labute approximate surface area is 187 Å². The number of benzene rings is 2. The molecule has 2 N–H and O–H groups in total. The molecule has 1 amide bonds. The first kappa shape index (κ1) is 23.1. The van der Waals surface area contributed by atoms with Crippen LogP contribution in [0.15, 0.2) is 82.0 Å². The Morgan fingerprint density at radius 1 is 0.938 bits per heavy atom. The summed E-state index contributed by atoms with van der Waals surface area (Å²) in [6.45, 7) is 3.40. The monoisotopic (exact) mass is 456 g/mol. The second-order valence-electron chi connectivity index (χ2n) is 7.09. The van der Waals surface area contributed by atoms with Crippen LogP contribution in [0.4, 0.5) is 0 Å². The van der Waals surface area contributed by atoms with Gasteiger partial charge in [0.15, 0.2) is 0 Å². The Hall–Kier alpha value is -3.59. The third-order valence-corrected chi connectivity index (χ3v) is 6.35. The highest BCUT2D eigenvalue weighted by molar-refractivity contribution is 7.87. The highest BCUT2D eigenvalue weighted by atomic mass is 32.2. The van der Waals surface area contributed by atoms with E-state index in [-0.39, 0.29) is 21.8 Å². The fourth-order valence-electron chi connectivity index (χ4n) is 3.67. The third-order valence-electron chi connectivity index (χ3n) is 5.10. The number of allylic oxidation sites excluding steroid dienone is 2. The molecule has 32 heavy (non-hydrogen) atoms. The maximum Gasteiger partial charge on any atom is 0.339 e. The second-order valence-corrected chi connectivity index (χ2v) is 8.64. The Kier molecular flexibility index (Phi) is 6.69. The number of amides is 1. The fourth-order valence-corrected chi connectivity index (χ4v) is 4.64. The summed E-state index contributed by atoms with van der Waals surface area (Å²) < 4.78 is 36.2. The molecule has 9 heteroatoms. The van der Waals surface area contributed by atoms with Crippen LogP contribution >= 0.6 is 0 Å². The van der Waals surface area contributed by atoms with Crippen LogP contribution < -0.4 is 14.8 Å². The molecule has 0 aliphatic carbocycles. The molecular formula is C23H24N2O6S. The molecule has 8 nitrogen and oxygen atoms in total. The van der Waals surface area contributed by atoms with Crippen molar-refractivity contribution >= 4 is 22.0 Å². The van der Waals surface area contributed by atoms with Crippen LogP contribution in [0.25, 0.3) is 0 Å². The van der Waals surface area contributed by atoms with Gasteiger partial charge >= 0.3 is 16.1 Å². The van der Waals surface area contributed by atoms with Gasteiger partial charge in [-0.2, -0.15) is 8.42 Å². The lowest BCUT2D eigenvalue weighted by Crippen LogP contribution is -2.35. The zero-order chi connectivity index (χ0) is 23.5. The molecule has 2 aromatic carbocycles. The second kappa shape index (κ2) is 9.27. The van der Waals surface area contributed by atoms with E-state index in [4.69, 9.17) is 8.92 Å². The van der Waals surface area contributed by atoms with Crippen molar-refractivity contribution in [3.05, 3.63) is 82.7 Å². The van der Waals surface area contributed by atoms with Gasteiger partial charge in [-0.25, -0.2) is 4.79 Å². The Morgan fingerprint density at radius 2 is 1.53 bits per heavy atom. The number of esters is 1. The Bertz CT molecular complexity index is 1180. The van der Waals surface area contributed by atoms with Crippen molar-refractivity contribution < 1.29 is 26.9 Å². The Morgan fingerprint density at radius 3 is 2.16 bits per heavy atom. The molecule has 168 valence electrons. The van der Waals surface area contributed by atoms with E-state index in [9.17, 15) is 18.0 Å². The molecule has 2 aromatic rings. The number of ether oxygens (including phenoxy) is 1. The third kappa shape index (κ3) is 4.38. The molecule has 1 aliphatic rings. The molecule has 0 bridgehead atoms. The van der Waals surface area contributed by atoms with Gasteiger partial charge in [-0.3, -0.25) is 4.79 Å². The van der Waals surface area contributed by atoms with Gasteiger partial charge in [0.2, 0.25) is 5.91 Å². The van der Waals surface area contributed by atoms with Crippen molar-refractivity contribution in [3.63, 3.8) is 0 Å². The number of carbonyl (C=O) groups excluding carboxylic acids is 2. The summed E-state index contributed by atoms with van der Waals surface area (Å²) in [6, 6.07) is 14.1. The van der Waals surface area contributed by atoms with Crippen molar-refractivity contribution in [1.29, 1.82) is 0 Å². The van der Waals surface area contributed by atoms with Crippen molar-refractivity contribution in [2.45, 2.75) is 24.7 Å². The van der Waals surface area contributed by atoms with E-state index in [1.54, 1.807) is 50.2 Å². The lowest BCUT2D eigenvalue weighted by atomic mass is 9.79. The molecule has 0 saturated heterocycles. The van der Waals surface area contributed by atoms with Gasteiger partial charge in [0, 0.05) is 29.6 Å². The molecule has 0 fully saturated rings. The van der Waals surface area contributed by atoms with Crippen LogP contribution in [0.3, 0.4) is 0 Å². The number of carbonyl (C=O) groups is 2. The largest absolute Gasteiger partial charge is 0.466 e. The maximum atomic E-state index is 12.9. The van der Waals surface area contributed by atoms with Gasteiger partial charge in [0.1, 0.15) is 10.6 Å². The highest BCUT2D eigenvalue weighted by Gasteiger charge is 2.38. The first-order valence-corrected chi connectivity index (χ1v) is 11.2. The van der Waals surface area contributed by atoms with E-state index in [1.165, 1.54) is 32.4 Å². The van der Waals surface area contributed by atoms with E-state index >= 15 is 0 Å². The van der Waals surface area contributed by atoms with E-state index in [0.717, 1.165) is 0 Å². The van der Waals surface area contributed by atoms with Gasteiger partial charge in [0.05, 0.1) is 18.6 Å². The molecule has 0 aromatic heterocycles. The van der Waals surface area contributed by atoms with Gasteiger partial charge in [0.25, 0.3) is 0 Å². The summed E-state index contributed by atoms with van der Waals surface area (Å²) in [5.41, 5.74) is 1.80. The molecule has 0 radical (unpaired) electrons. The maximum absolute atomic E-state index is 12.9. The molecule has 1 atom stereocenters. The molecule has 1 unspecified atom stereocenters. The van der Waals surface area contributed by atoms with E-state index in [0.29, 0.717) is 17.0 Å². The number of methoxy groups -OCH3 is 1. The summed E-state index contributed by atoms with van der Waals surface area (Å²) in [5.74, 6) is -1.97. The summed E-state index contributed by atoms with van der Waals surface area (Å²) in [4.78, 5) is 25.5. The molecule has 1 heterocycles. The van der Waals surface area contributed by atoms with Crippen molar-refractivity contribution in [2.24, 2.45) is 0 Å². The quantitative estimate of drug-likeness (QED) is 0.508. The lowest BCUT2D eigenvalue weighted by Gasteiger charge is -2.31. The van der Waals surface area contributed by atoms with Gasteiger partial charge < -0.3 is 19.6 Å². The first-order valence-electron chi connectivity index (χ1n) is 9.78. The summed E-state index contributed by atoms with van der Waals surface area (Å²) in [7, 11) is -1.43. The Balaban J connectivity index is 2.20. The number of para-hydroxylation sites is 1. The van der Waals surface area contributed by atoms with Crippen LogP contribution in [0.1, 0.15) is 25.3 Å². The number of likely N-dealkylation sites (N-methyl/N-ethyl adjacent to an activating group) is 1. The minimum atomic E-state index is -4.15. The number of nitrogens with one attached hydrogen (secondary N) is 2. The van der Waals surface area contributed by atoms with Crippen LogP contribution in [0.2, 0.25) is 0 Å². The fraction of sp³-hybridized carbons (Fsp3) is 0.217. The normalized spacial score (nSPS) is 16.3. The molecule has 1 aliphatic heterocycles. The van der Waals surface area contributed by atoms with Gasteiger partial charge in [-0.1, -0.05) is 36.4 Å². The molecule has 3 rings (SSSR count). The number of rotatable bonds is 6. The summed E-state index contributed by atoms with van der Waals surface area (Å²) in [5, 5.41) is 5.62. The van der Waals surface area contributed by atoms with Crippen LogP contribution in [-0.2, 0) is 24.4 Å². The SMILES string of the molecule is CNC(=O)C1=C(C)NC(C)=C(C(=O)OC)C1c1ccccc1OS(=O)(=O)c1ccccc1. The number of hydrogen-bond donors (Lipinski definition) is 2. The standard InChI is InChI=1S/C23H24N2O6S/c1-14-19(22(26)24-3)21(20(15(2)25-14)23(27)30-4)17-12-8-9-13-18(17)31-32(28,29)16-10-6-5-7-11-16/h5-13,21,25H,1-4H3,(H,24,26). The number of hydrogen-bond acceptors (Lipinski definition) is 7. The van der Waals surface area contributed by atoms with Crippen molar-refractivity contribution in [2.75, 3.05) is 14.2 Å². The van der Waals surface area contributed by atoms with E-state index in [1.807, 2.05) is 0 Å². The average molecular weight is 457 g/mol. The zero-order valence-electron chi connectivity index (χ0n) is 18.1. The summed E-state index contributed by atoms with van der Waals surface area (Å²) in [6.07, 6.45) is 0. The average Bonchev–Trinajstić information content (AvgIpc) is 2.78. The predicted octanol–water partition coefficient (Wildman–Crippen LogP) is 2.61. The minimum Gasteiger partial charge on any atom is -0.466 e. The van der Waals surface area contributed by atoms with E-state index in [2.05, 4.69) is 10.6 Å². The van der Waals surface area contributed by atoms with Crippen LogP contribution in [-0.4, -0.2) is 34.5 Å². The van der Waals surface area contributed by atoms with Gasteiger partial charge in [-0.15, -0.1) is 0 Å². The minimum absolute atomic E-state index is 0.00617. The van der Waals surface area contributed by atoms with Gasteiger partial charge in [-0.05, 0) is 32.0 Å². The number of dihydropyridines is 1. The summed E-state index contributed by atoms with van der Waals surface area (Å²) >= 11 is 0. The smallest absolute Gasteiger partial charge is 0.339 e. The van der Waals surface area contributed by atoms with Crippen LogP contribution in [0, 0.1) is 0 Å². The predicted molar refractivity (Wildman–Crippen MR) is 118 cm³/mol. The molecule has 0 spiro atoms. The van der Waals surface area contributed by atoms with Crippen molar-refractivity contribution in [3.8, 4) is 5.75 Å².